The molecule has 1 unspecified atom stereocenters. The standard InChI is InChI=1S/C10H16N4O2/c15-10(8-2-1-5-16-6-8)11-4-3-9-12-7-13-14-9/h7-8H,1-6H2,(H,11,15)(H,12,13,14). The second kappa shape index (κ2) is 5.60. The van der Waals surface area contributed by atoms with Crippen LogP contribution < -0.4 is 5.32 Å². The van der Waals surface area contributed by atoms with Crippen molar-refractivity contribution in [3.05, 3.63) is 12.2 Å². The maximum atomic E-state index is 11.7. The number of hydrogen-bond donors (Lipinski definition) is 2. The van der Waals surface area contributed by atoms with Crippen LogP contribution in [0.1, 0.15) is 18.7 Å². The first-order valence-electron chi connectivity index (χ1n) is 5.56. The molecule has 1 aliphatic heterocycles. The van der Waals surface area contributed by atoms with Gasteiger partial charge in [-0.05, 0) is 12.8 Å². The molecule has 0 aliphatic carbocycles. The Morgan fingerprint density at radius 2 is 2.62 bits per heavy atom. The van der Waals surface area contributed by atoms with Crippen molar-refractivity contribution in [2.45, 2.75) is 19.3 Å². The zero-order chi connectivity index (χ0) is 11.2. The number of aromatic amines is 1. The predicted octanol–water partition coefficient (Wildman–Crippen LogP) is -0.110. The fraction of sp³-hybridized carbons (Fsp3) is 0.700. The Bertz CT molecular complexity index is 320. The number of carbonyl (C=O) groups excluding carboxylic acids is 1. The van der Waals surface area contributed by atoms with Gasteiger partial charge in [-0.2, -0.15) is 5.10 Å². The fourth-order valence-electron chi connectivity index (χ4n) is 1.75. The molecule has 0 aromatic carbocycles. The maximum Gasteiger partial charge on any atom is 0.225 e. The molecular formula is C10H16N4O2. The first-order chi connectivity index (χ1) is 7.86. The molecule has 1 aromatic rings. The van der Waals surface area contributed by atoms with Crippen LogP contribution in [-0.2, 0) is 16.0 Å². The first-order valence-corrected chi connectivity index (χ1v) is 5.56. The van der Waals surface area contributed by atoms with E-state index in [1.807, 2.05) is 0 Å². The number of aromatic nitrogens is 3. The van der Waals surface area contributed by atoms with Gasteiger partial charge in [0.2, 0.25) is 5.91 Å². The number of nitrogens with zero attached hydrogens (tertiary/aromatic N) is 2. The summed E-state index contributed by atoms with van der Waals surface area (Å²) in [7, 11) is 0. The summed E-state index contributed by atoms with van der Waals surface area (Å²) in [6.07, 6.45) is 4.04. The summed E-state index contributed by atoms with van der Waals surface area (Å²) in [5, 5.41) is 9.38. The van der Waals surface area contributed by atoms with Crippen LogP contribution in [0.15, 0.2) is 6.33 Å². The van der Waals surface area contributed by atoms with Crippen molar-refractivity contribution < 1.29 is 9.53 Å². The highest BCUT2D eigenvalue weighted by molar-refractivity contribution is 5.78. The van der Waals surface area contributed by atoms with E-state index in [0.29, 0.717) is 19.6 Å². The molecule has 1 saturated heterocycles. The average molecular weight is 224 g/mol. The number of amides is 1. The van der Waals surface area contributed by atoms with Gasteiger partial charge in [0.15, 0.2) is 0 Å². The molecule has 1 amide bonds. The number of carbonyl (C=O) groups is 1. The molecule has 1 fully saturated rings. The molecule has 1 aliphatic rings. The fourth-order valence-corrected chi connectivity index (χ4v) is 1.75. The monoisotopic (exact) mass is 224 g/mol. The molecule has 6 heteroatoms. The summed E-state index contributed by atoms with van der Waals surface area (Å²) >= 11 is 0. The zero-order valence-corrected chi connectivity index (χ0v) is 9.11. The van der Waals surface area contributed by atoms with Crippen molar-refractivity contribution in [3.8, 4) is 0 Å². The highest BCUT2D eigenvalue weighted by Crippen LogP contribution is 2.13. The van der Waals surface area contributed by atoms with E-state index in [2.05, 4.69) is 20.5 Å². The van der Waals surface area contributed by atoms with Crippen molar-refractivity contribution in [3.63, 3.8) is 0 Å². The second-order valence-corrected chi connectivity index (χ2v) is 3.89. The zero-order valence-electron chi connectivity index (χ0n) is 9.11. The molecule has 6 nitrogen and oxygen atoms in total. The lowest BCUT2D eigenvalue weighted by Gasteiger charge is -2.21. The van der Waals surface area contributed by atoms with E-state index < -0.39 is 0 Å². The molecular weight excluding hydrogens is 208 g/mol. The first kappa shape index (κ1) is 11.1. The summed E-state index contributed by atoms with van der Waals surface area (Å²) in [6, 6.07) is 0. The van der Waals surface area contributed by atoms with Gasteiger partial charge in [-0.15, -0.1) is 0 Å². The third kappa shape index (κ3) is 3.03. The van der Waals surface area contributed by atoms with Gasteiger partial charge in [0.25, 0.3) is 0 Å². The topological polar surface area (TPSA) is 79.9 Å². The second-order valence-electron chi connectivity index (χ2n) is 3.89. The van der Waals surface area contributed by atoms with Crippen LogP contribution in [0.5, 0.6) is 0 Å². The van der Waals surface area contributed by atoms with Crippen LogP contribution in [-0.4, -0.2) is 40.8 Å². The Hall–Kier alpha value is -1.43. The van der Waals surface area contributed by atoms with Crippen molar-refractivity contribution in [1.29, 1.82) is 0 Å². The van der Waals surface area contributed by atoms with E-state index in [-0.39, 0.29) is 11.8 Å². The highest BCUT2D eigenvalue weighted by atomic mass is 16.5. The third-order valence-electron chi connectivity index (χ3n) is 2.66. The molecule has 16 heavy (non-hydrogen) atoms. The van der Waals surface area contributed by atoms with E-state index in [9.17, 15) is 4.79 Å². The highest BCUT2D eigenvalue weighted by Gasteiger charge is 2.21. The van der Waals surface area contributed by atoms with Crippen LogP contribution in [0.25, 0.3) is 0 Å². The average Bonchev–Trinajstić information content (AvgIpc) is 2.83. The minimum Gasteiger partial charge on any atom is -0.381 e. The Morgan fingerprint density at radius 1 is 1.69 bits per heavy atom. The van der Waals surface area contributed by atoms with Crippen LogP contribution in [0.4, 0.5) is 0 Å². The van der Waals surface area contributed by atoms with Gasteiger partial charge < -0.3 is 10.1 Å². The van der Waals surface area contributed by atoms with Crippen molar-refractivity contribution in [2.24, 2.45) is 5.92 Å². The molecule has 2 heterocycles. The summed E-state index contributed by atoms with van der Waals surface area (Å²) in [4.78, 5) is 15.7. The van der Waals surface area contributed by atoms with E-state index in [4.69, 9.17) is 4.74 Å². The molecule has 2 N–H and O–H groups in total. The normalized spacial score (nSPS) is 20.6. The number of rotatable bonds is 4. The van der Waals surface area contributed by atoms with Crippen molar-refractivity contribution >= 4 is 5.91 Å². The van der Waals surface area contributed by atoms with Crippen molar-refractivity contribution in [2.75, 3.05) is 19.8 Å². The third-order valence-corrected chi connectivity index (χ3v) is 2.66. The van der Waals surface area contributed by atoms with E-state index in [1.54, 1.807) is 0 Å². The van der Waals surface area contributed by atoms with Gasteiger partial charge >= 0.3 is 0 Å². The predicted molar refractivity (Wildman–Crippen MR) is 56.6 cm³/mol. The van der Waals surface area contributed by atoms with Gasteiger partial charge in [0, 0.05) is 19.6 Å². The Labute approximate surface area is 93.8 Å². The summed E-state index contributed by atoms with van der Waals surface area (Å²) < 4.78 is 5.27. The summed E-state index contributed by atoms with van der Waals surface area (Å²) in [5.74, 6) is 0.892. The minimum absolute atomic E-state index is 0.0171. The van der Waals surface area contributed by atoms with Crippen molar-refractivity contribution in [1.82, 2.24) is 20.5 Å². The van der Waals surface area contributed by atoms with Gasteiger partial charge in [-0.3, -0.25) is 9.89 Å². The van der Waals surface area contributed by atoms with E-state index in [1.165, 1.54) is 6.33 Å². The SMILES string of the molecule is O=C(NCCc1ncn[nH]1)C1CCCOC1. The maximum absolute atomic E-state index is 11.7. The lowest BCUT2D eigenvalue weighted by atomic mass is 10.0. The van der Waals surface area contributed by atoms with Crippen LogP contribution in [0.2, 0.25) is 0 Å². The van der Waals surface area contributed by atoms with E-state index >= 15 is 0 Å². The van der Waals surface area contributed by atoms with E-state index in [0.717, 1.165) is 25.3 Å². The van der Waals surface area contributed by atoms with Gasteiger partial charge in [-0.25, -0.2) is 4.98 Å². The molecule has 0 radical (unpaired) electrons. The quantitative estimate of drug-likeness (QED) is 0.748. The number of H-pyrrole nitrogens is 1. The molecule has 1 atom stereocenters. The van der Waals surface area contributed by atoms with Crippen LogP contribution in [0.3, 0.4) is 0 Å². The lowest BCUT2D eigenvalue weighted by Crippen LogP contribution is -2.36. The Balaban J connectivity index is 1.67. The molecule has 0 spiro atoms. The molecule has 88 valence electrons. The smallest absolute Gasteiger partial charge is 0.225 e. The minimum atomic E-state index is 0.0171. The number of hydrogen-bond acceptors (Lipinski definition) is 4. The van der Waals surface area contributed by atoms with Crippen LogP contribution >= 0.6 is 0 Å². The van der Waals surface area contributed by atoms with Gasteiger partial charge in [-0.1, -0.05) is 0 Å². The number of ether oxygens (including phenoxy) is 1. The lowest BCUT2D eigenvalue weighted by molar-refractivity contribution is -0.128. The molecule has 0 bridgehead atoms. The number of nitrogens with one attached hydrogen (secondary N) is 2. The Morgan fingerprint density at radius 3 is 3.31 bits per heavy atom. The van der Waals surface area contributed by atoms with Crippen LogP contribution in [0, 0.1) is 5.92 Å². The van der Waals surface area contributed by atoms with Gasteiger partial charge in [0.05, 0.1) is 12.5 Å². The molecule has 2 rings (SSSR count). The Kier molecular flexibility index (Phi) is 3.87. The largest absolute Gasteiger partial charge is 0.381 e. The molecule has 1 aromatic heterocycles. The summed E-state index contributed by atoms with van der Waals surface area (Å²) in [5.41, 5.74) is 0. The summed E-state index contributed by atoms with van der Waals surface area (Å²) in [6.45, 7) is 1.92. The molecule has 0 saturated carbocycles. The van der Waals surface area contributed by atoms with Gasteiger partial charge in [0.1, 0.15) is 12.2 Å².